The van der Waals surface area contributed by atoms with Gasteiger partial charge in [-0.25, -0.2) is 14.4 Å². The van der Waals surface area contributed by atoms with Gasteiger partial charge < -0.3 is 47.4 Å². The quantitative estimate of drug-likeness (QED) is 0.0537. The minimum atomic E-state index is -1.47. The topological polar surface area (TPSA) is 144 Å². The SMILES string of the molecule is CO[C@H]1O[C@H](COCc2ccccc2)[C@@H](O[C@H]2O[C@H](COC(=O)c3ccccc3)[C@H](OC(=O)c3ccccc3)[C@@H]2OC(=O)c2ccccc2)[C@H](OCc2ccccc2)[C@H]1OCc1ccccc1. The minimum absolute atomic E-state index is 0.0122. The summed E-state index contributed by atoms with van der Waals surface area (Å²) in [6.45, 7) is 0.135. The lowest BCUT2D eigenvalue weighted by atomic mass is 9.97. The van der Waals surface area contributed by atoms with Crippen LogP contribution in [0.15, 0.2) is 182 Å². The van der Waals surface area contributed by atoms with Crippen molar-refractivity contribution in [2.75, 3.05) is 20.3 Å². The molecule has 0 saturated carbocycles. The highest BCUT2D eigenvalue weighted by Crippen LogP contribution is 2.36. The van der Waals surface area contributed by atoms with Crippen molar-refractivity contribution in [2.24, 2.45) is 0 Å². The van der Waals surface area contributed by atoms with E-state index in [2.05, 4.69) is 0 Å². The summed E-state index contributed by atoms with van der Waals surface area (Å²) in [5, 5.41) is 0. The summed E-state index contributed by atoms with van der Waals surface area (Å²) >= 11 is 0. The van der Waals surface area contributed by atoms with Gasteiger partial charge in [-0.05, 0) is 53.1 Å². The Morgan fingerprint density at radius 2 is 0.821 bits per heavy atom. The highest BCUT2D eigenvalue weighted by atomic mass is 16.8. The lowest BCUT2D eigenvalue weighted by Crippen LogP contribution is -2.62. The molecule has 346 valence electrons. The van der Waals surface area contributed by atoms with E-state index in [-0.39, 0.29) is 37.6 Å². The van der Waals surface area contributed by atoms with Crippen LogP contribution in [0.2, 0.25) is 0 Å². The summed E-state index contributed by atoms with van der Waals surface area (Å²) in [4.78, 5) is 41.3. The molecule has 2 aliphatic heterocycles. The zero-order valence-corrected chi connectivity index (χ0v) is 36.9. The molecule has 0 aliphatic carbocycles. The second-order valence-corrected chi connectivity index (χ2v) is 15.9. The van der Waals surface area contributed by atoms with E-state index in [1.54, 1.807) is 91.0 Å². The van der Waals surface area contributed by atoms with Crippen molar-refractivity contribution < 1.29 is 61.8 Å². The molecule has 13 nitrogen and oxygen atoms in total. The van der Waals surface area contributed by atoms with Crippen molar-refractivity contribution in [1.29, 1.82) is 0 Å². The molecule has 0 amide bonds. The van der Waals surface area contributed by atoms with Crippen LogP contribution >= 0.6 is 0 Å². The normalized spacial score (nSPS) is 23.5. The molecule has 2 aliphatic rings. The molecule has 8 rings (SSSR count). The molecule has 6 aromatic carbocycles. The standard InChI is InChI=1S/C54H52O13/c1-58-53-48(61-34-39-24-12-4-13-25-39)47(60-33-38-22-10-3-11-23-38)45(43(63-53)35-59-32-37-20-8-2-9-21-37)67-54-49(66-52(57)42-30-18-7-19-31-42)46(65-51(56)41-28-16-6-17-29-41)44(64-54)36-62-50(55)40-26-14-5-15-27-40/h2-31,43-49,53-54H,32-36H2,1H3/t43-,44-,45-,46+,47+,48-,49+,53+,54-/m1/s1. The van der Waals surface area contributed by atoms with E-state index in [0.717, 1.165) is 16.7 Å². The van der Waals surface area contributed by atoms with E-state index in [1.807, 2.05) is 91.0 Å². The Bertz CT molecular complexity index is 2430. The summed E-state index contributed by atoms with van der Waals surface area (Å²) < 4.78 is 64.3. The average molecular weight is 909 g/mol. The van der Waals surface area contributed by atoms with Crippen LogP contribution in [0.3, 0.4) is 0 Å². The summed E-state index contributed by atoms with van der Waals surface area (Å²) in [5.41, 5.74) is 3.46. The first-order valence-corrected chi connectivity index (χ1v) is 22.1. The lowest BCUT2D eigenvalue weighted by molar-refractivity contribution is -0.341. The number of rotatable bonds is 20. The number of methoxy groups -OCH3 is 1. The number of ether oxygens (including phenoxy) is 10. The van der Waals surface area contributed by atoms with Crippen LogP contribution in [0.4, 0.5) is 0 Å². The van der Waals surface area contributed by atoms with Gasteiger partial charge in [0.15, 0.2) is 24.8 Å². The fourth-order valence-electron chi connectivity index (χ4n) is 7.84. The van der Waals surface area contributed by atoms with Gasteiger partial charge in [0.25, 0.3) is 0 Å². The maximum absolute atomic E-state index is 14.1. The van der Waals surface area contributed by atoms with Gasteiger partial charge in [-0.15, -0.1) is 0 Å². The van der Waals surface area contributed by atoms with Crippen LogP contribution in [0, 0.1) is 0 Å². The van der Waals surface area contributed by atoms with E-state index < -0.39 is 79.8 Å². The zero-order valence-electron chi connectivity index (χ0n) is 36.9. The van der Waals surface area contributed by atoms with E-state index in [0.29, 0.717) is 5.56 Å². The molecule has 13 heteroatoms. The Hall–Kier alpha value is -6.55. The van der Waals surface area contributed by atoms with Crippen molar-refractivity contribution in [3.8, 4) is 0 Å². The highest BCUT2D eigenvalue weighted by molar-refractivity contribution is 5.91. The summed E-state index contributed by atoms with van der Waals surface area (Å²) in [5.74, 6) is -2.12. The maximum Gasteiger partial charge on any atom is 0.338 e. The molecule has 9 atom stereocenters. The maximum atomic E-state index is 14.1. The van der Waals surface area contributed by atoms with Gasteiger partial charge in [-0.3, -0.25) is 0 Å². The molecule has 0 aromatic heterocycles. The zero-order chi connectivity index (χ0) is 46.2. The van der Waals surface area contributed by atoms with Gasteiger partial charge >= 0.3 is 17.9 Å². The Morgan fingerprint density at radius 1 is 0.418 bits per heavy atom. The molecule has 2 saturated heterocycles. The first-order chi connectivity index (χ1) is 32.9. The van der Waals surface area contributed by atoms with Gasteiger partial charge in [0, 0.05) is 7.11 Å². The Balaban J connectivity index is 1.17. The molecule has 67 heavy (non-hydrogen) atoms. The van der Waals surface area contributed by atoms with Crippen molar-refractivity contribution >= 4 is 17.9 Å². The number of benzene rings is 6. The smallest absolute Gasteiger partial charge is 0.338 e. The molecule has 0 unspecified atom stereocenters. The third-order valence-corrected chi connectivity index (χ3v) is 11.2. The third kappa shape index (κ3) is 12.7. The van der Waals surface area contributed by atoms with Gasteiger partial charge in [-0.1, -0.05) is 146 Å². The molecule has 0 radical (unpaired) electrons. The van der Waals surface area contributed by atoms with Gasteiger partial charge in [-0.2, -0.15) is 0 Å². The van der Waals surface area contributed by atoms with Crippen molar-refractivity contribution in [1.82, 2.24) is 0 Å². The molecule has 0 bridgehead atoms. The molecule has 6 aromatic rings. The first-order valence-electron chi connectivity index (χ1n) is 22.1. The highest BCUT2D eigenvalue weighted by Gasteiger charge is 2.56. The first kappa shape index (κ1) is 47.0. The number of esters is 3. The summed E-state index contributed by atoms with van der Waals surface area (Å²) in [7, 11) is 1.52. The summed E-state index contributed by atoms with van der Waals surface area (Å²) in [6.07, 6.45) is -10.2. The van der Waals surface area contributed by atoms with Gasteiger partial charge in [0.05, 0.1) is 43.1 Å². The number of hydrogen-bond acceptors (Lipinski definition) is 13. The average Bonchev–Trinajstić information content (AvgIpc) is 3.70. The Labute approximate surface area is 389 Å². The van der Waals surface area contributed by atoms with E-state index >= 15 is 0 Å². The molecular formula is C54H52O13. The molecule has 2 heterocycles. The monoisotopic (exact) mass is 908 g/mol. The van der Waals surface area contributed by atoms with Crippen LogP contribution in [-0.4, -0.2) is 93.5 Å². The van der Waals surface area contributed by atoms with E-state index in [1.165, 1.54) is 7.11 Å². The second kappa shape index (κ2) is 23.8. The fourth-order valence-corrected chi connectivity index (χ4v) is 7.84. The Kier molecular flexibility index (Phi) is 16.7. The minimum Gasteiger partial charge on any atom is -0.459 e. The fraction of sp³-hybridized carbons (Fsp3) is 0.278. The molecule has 2 fully saturated rings. The Morgan fingerprint density at radius 3 is 1.31 bits per heavy atom. The largest absolute Gasteiger partial charge is 0.459 e. The van der Waals surface area contributed by atoms with E-state index in [4.69, 9.17) is 47.4 Å². The number of carbonyl (C=O) groups excluding carboxylic acids is 3. The summed E-state index contributed by atoms with van der Waals surface area (Å²) in [6, 6.07) is 54.1. The van der Waals surface area contributed by atoms with Crippen molar-refractivity contribution in [2.45, 2.75) is 75.1 Å². The molecule has 0 spiro atoms. The number of carbonyl (C=O) groups is 3. The third-order valence-electron chi connectivity index (χ3n) is 11.2. The lowest BCUT2D eigenvalue weighted by Gasteiger charge is -2.46. The number of hydrogen-bond donors (Lipinski definition) is 0. The van der Waals surface area contributed by atoms with Crippen LogP contribution < -0.4 is 0 Å². The van der Waals surface area contributed by atoms with Gasteiger partial charge in [0.2, 0.25) is 0 Å². The van der Waals surface area contributed by atoms with Crippen molar-refractivity contribution in [3.63, 3.8) is 0 Å². The van der Waals surface area contributed by atoms with Crippen LogP contribution in [0.5, 0.6) is 0 Å². The predicted molar refractivity (Wildman–Crippen MR) is 243 cm³/mol. The van der Waals surface area contributed by atoms with Crippen LogP contribution in [-0.2, 0) is 67.2 Å². The van der Waals surface area contributed by atoms with Crippen LogP contribution in [0.25, 0.3) is 0 Å². The van der Waals surface area contributed by atoms with Crippen LogP contribution in [0.1, 0.15) is 47.8 Å². The van der Waals surface area contributed by atoms with Gasteiger partial charge in [0.1, 0.15) is 37.1 Å². The van der Waals surface area contributed by atoms with Crippen molar-refractivity contribution in [3.05, 3.63) is 215 Å². The molecule has 0 N–H and O–H groups in total. The molecular weight excluding hydrogens is 857 g/mol. The van der Waals surface area contributed by atoms with E-state index in [9.17, 15) is 14.4 Å². The predicted octanol–water partition coefficient (Wildman–Crippen LogP) is 8.16. The second-order valence-electron chi connectivity index (χ2n) is 15.9.